The first-order valence-corrected chi connectivity index (χ1v) is 16.0. The summed E-state index contributed by atoms with van der Waals surface area (Å²) in [7, 11) is 1.63. The lowest BCUT2D eigenvalue weighted by Gasteiger charge is -2.38. The van der Waals surface area contributed by atoms with Crippen LogP contribution in [0.1, 0.15) is 74.0 Å². The average molecular weight is 614 g/mol. The topological polar surface area (TPSA) is 82.1 Å². The maximum atomic E-state index is 14.3. The van der Waals surface area contributed by atoms with E-state index in [1.54, 1.807) is 13.2 Å². The highest BCUT2D eigenvalue weighted by molar-refractivity contribution is 5.92. The zero-order valence-electron chi connectivity index (χ0n) is 25.2. The first-order valence-electron chi connectivity index (χ1n) is 16.0. The molecule has 2 saturated heterocycles. The van der Waals surface area contributed by atoms with E-state index in [-0.39, 0.29) is 17.7 Å². The van der Waals surface area contributed by atoms with E-state index in [0.717, 1.165) is 35.9 Å². The number of carboxylic acid groups (broad SMARTS) is 1. The molecule has 2 aromatic rings. The highest BCUT2D eigenvalue weighted by Gasteiger charge is 2.62. The lowest BCUT2D eigenvalue weighted by Crippen LogP contribution is -2.46. The Morgan fingerprint density at radius 2 is 1.66 bits per heavy atom. The number of methoxy groups -OCH3 is 1. The second-order valence-electron chi connectivity index (χ2n) is 13.1. The molecule has 2 heterocycles. The number of alkyl halides is 3. The van der Waals surface area contributed by atoms with Gasteiger partial charge in [0.25, 0.3) is 0 Å². The van der Waals surface area contributed by atoms with Gasteiger partial charge in [-0.25, -0.2) is 0 Å². The molecule has 2 aliphatic carbocycles. The number of rotatable bonds is 9. The Labute approximate surface area is 256 Å². The molecular weight excluding hydrogens is 571 g/mol. The maximum absolute atomic E-state index is 14.3. The van der Waals surface area contributed by atoms with Crippen molar-refractivity contribution >= 4 is 17.6 Å². The number of carbonyl (C=O) groups excluding carboxylic acids is 1. The molecule has 0 aromatic heterocycles. The van der Waals surface area contributed by atoms with Crippen LogP contribution in [0, 0.1) is 11.8 Å². The van der Waals surface area contributed by atoms with Crippen molar-refractivity contribution in [3.8, 4) is 5.75 Å². The van der Waals surface area contributed by atoms with Crippen molar-refractivity contribution < 1.29 is 32.6 Å². The van der Waals surface area contributed by atoms with Crippen LogP contribution >= 0.6 is 0 Å². The van der Waals surface area contributed by atoms with Gasteiger partial charge in [-0.3, -0.25) is 9.59 Å². The molecule has 238 valence electrons. The molecule has 0 bridgehead atoms. The molecule has 10 heteroatoms. The van der Waals surface area contributed by atoms with Gasteiger partial charge in [0.1, 0.15) is 5.75 Å². The van der Waals surface area contributed by atoms with Crippen LogP contribution in [0.4, 0.5) is 18.9 Å². The van der Waals surface area contributed by atoms with E-state index in [0.29, 0.717) is 63.6 Å². The van der Waals surface area contributed by atoms with E-state index >= 15 is 0 Å². The van der Waals surface area contributed by atoms with Gasteiger partial charge in [-0.1, -0.05) is 24.6 Å². The molecule has 2 saturated carbocycles. The molecule has 2 aliphatic heterocycles. The van der Waals surface area contributed by atoms with E-state index < -0.39 is 29.0 Å². The molecule has 2 aromatic carbocycles. The van der Waals surface area contributed by atoms with Crippen LogP contribution in [0.2, 0.25) is 0 Å². The second-order valence-corrected chi connectivity index (χ2v) is 13.1. The number of nitrogens with zero attached hydrogens (tertiary/aromatic N) is 2. The minimum Gasteiger partial charge on any atom is -0.497 e. The summed E-state index contributed by atoms with van der Waals surface area (Å²) in [6, 6.07) is 12.4. The molecule has 2 unspecified atom stereocenters. The molecule has 4 fully saturated rings. The number of amides is 1. The number of hydrogen-bond acceptors (Lipinski definition) is 5. The molecule has 7 nitrogen and oxygen atoms in total. The number of hydrogen-bond donors (Lipinski definition) is 2. The first kappa shape index (κ1) is 30.7. The number of aliphatic carboxylic acids is 1. The number of benzene rings is 2. The Morgan fingerprint density at radius 3 is 2.23 bits per heavy atom. The molecule has 0 spiro atoms. The van der Waals surface area contributed by atoms with E-state index in [4.69, 9.17) is 4.74 Å². The smallest absolute Gasteiger partial charge is 0.416 e. The van der Waals surface area contributed by atoms with Crippen molar-refractivity contribution in [3.05, 3.63) is 59.2 Å². The van der Waals surface area contributed by atoms with Crippen LogP contribution in [-0.2, 0) is 21.2 Å². The molecule has 0 radical (unpaired) electrons. The summed E-state index contributed by atoms with van der Waals surface area (Å²) >= 11 is 0. The number of ether oxygens (including phenoxy) is 1. The van der Waals surface area contributed by atoms with Gasteiger partial charge in [-0.15, -0.1) is 0 Å². The Morgan fingerprint density at radius 1 is 0.977 bits per heavy atom. The predicted molar refractivity (Wildman–Crippen MR) is 161 cm³/mol. The van der Waals surface area contributed by atoms with E-state index in [9.17, 15) is 27.9 Å². The van der Waals surface area contributed by atoms with Crippen molar-refractivity contribution in [1.82, 2.24) is 10.2 Å². The Bertz CT molecular complexity index is 1350. The van der Waals surface area contributed by atoms with E-state index in [1.165, 1.54) is 25.3 Å². The molecule has 2 atom stereocenters. The van der Waals surface area contributed by atoms with E-state index in [2.05, 4.69) is 5.32 Å². The summed E-state index contributed by atoms with van der Waals surface area (Å²) in [5, 5.41) is 13.1. The van der Waals surface area contributed by atoms with Gasteiger partial charge in [-0.2, -0.15) is 13.2 Å². The minimum absolute atomic E-state index is 0.0146. The standard InChI is InChI=1S/C34H42F3N3O4/c1-44-28-8-5-24(6-9-28)33(20-26(33)21-38-27-3-2-4-27)32(43)40-17-11-22(12-18-40)29-10-7-25(34(35,36)37)19-30(29)39-15-13-23(14-16-39)31(41)42/h5-10,19,22-23,26-27,38H,2-4,11-18,20-21H2,1H3,(H,41,42). The lowest BCUT2D eigenvalue weighted by atomic mass is 9.85. The number of likely N-dealkylation sites (tertiary alicyclic amines) is 1. The van der Waals surface area contributed by atoms with Crippen LogP contribution < -0.4 is 15.0 Å². The summed E-state index contributed by atoms with van der Waals surface area (Å²) in [5.41, 5.74) is 1.16. The summed E-state index contributed by atoms with van der Waals surface area (Å²) < 4.78 is 46.5. The van der Waals surface area contributed by atoms with Crippen LogP contribution in [0.5, 0.6) is 5.75 Å². The van der Waals surface area contributed by atoms with Crippen molar-refractivity contribution in [1.29, 1.82) is 0 Å². The van der Waals surface area contributed by atoms with Crippen molar-refractivity contribution in [2.45, 2.75) is 74.9 Å². The fraction of sp³-hybridized carbons (Fsp3) is 0.588. The zero-order chi connectivity index (χ0) is 31.1. The van der Waals surface area contributed by atoms with Crippen LogP contribution in [0.15, 0.2) is 42.5 Å². The zero-order valence-corrected chi connectivity index (χ0v) is 25.2. The number of halogens is 3. The summed E-state index contributed by atoms with van der Waals surface area (Å²) in [5.74, 6) is -0.192. The number of carbonyl (C=O) groups is 2. The van der Waals surface area contributed by atoms with Crippen molar-refractivity contribution in [3.63, 3.8) is 0 Å². The predicted octanol–water partition coefficient (Wildman–Crippen LogP) is 5.82. The monoisotopic (exact) mass is 613 g/mol. The molecule has 6 rings (SSSR count). The summed E-state index contributed by atoms with van der Waals surface area (Å²) in [6.45, 7) is 2.72. The van der Waals surface area contributed by atoms with Crippen LogP contribution in [-0.4, -0.2) is 67.8 Å². The normalized spacial score (nSPS) is 25.0. The van der Waals surface area contributed by atoms with Gasteiger partial charge in [0.2, 0.25) is 5.91 Å². The number of nitrogens with one attached hydrogen (secondary N) is 1. The second kappa shape index (κ2) is 12.3. The fourth-order valence-electron chi connectivity index (χ4n) is 7.51. The van der Waals surface area contributed by atoms with E-state index in [1.807, 2.05) is 34.1 Å². The largest absolute Gasteiger partial charge is 0.497 e. The fourth-order valence-corrected chi connectivity index (χ4v) is 7.51. The van der Waals surface area contributed by atoms with Gasteiger partial charge in [0.15, 0.2) is 0 Å². The highest BCUT2D eigenvalue weighted by atomic mass is 19.4. The number of anilines is 1. The molecule has 44 heavy (non-hydrogen) atoms. The first-order chi connectivity index (χ1) is 21.1. The summed E-state index contributed by atoms with van der Waals surface area (Å²) in [4.78, 5) is 29.6. The van der Waals surface area contributed by atoms with Crippen LogP contribution in [0.3, 0.4) is 0 Å². The molecule has 4 aliphatic rings. The Hall–Kier alpha value is -3.27. The third kappa shape index (κ3) is 6.02. The van der Waals surface area contributed by atoms with Gasteiger partial charge in [-0.05, 0) is 98.7 Å². The quantitative estimate of drug-likeness (QED) is 0.371. The van der Waals surface area contributed by atoms with Gasteiger partial charge in [0.05, 0.1) is 24.0 Å². The Balaban J connectivity index is 1.18. The van der Waals surface area contributed by atoms with Gasteiger partial charge in [0, 0.05) is 37.9 Å². The SMILES string of the molecule is COc1ccc(C2(C(=O)N3CCC(c4ccc(C(F)(F)F)cc4N4CCC(C(=O)O)CC4)CC3)CC2CNC2CCC2)cc1. The molecule has 2 N–H and O–H groups in total. The lowest BCUT2D eigenvalue weighted by molar-refractivity contribution is -0.142. The van der Waals surface area contributed by atoms with Gasteiger partial charge >= 0.3 is 12.1 Å². The minimum atomic E-state index is -4.47. The van der Waals surface area contributed by atoms with Crippen LogP contribution in [0.25, 0.3) is 0 Å². The maximum Gasteiger partial charge on any atom is 0.416 e. The Kier molecular flexibility index (Phi) is 8.56. The van der Waals surface area contributed by atoms with Gasteiger partial charge < -0.3 is 25.0 Å². The third-order valence-corrected chi connectivity index (χ3v) is 10.6. The number of piperidine rings is 2. The van der Waals surface area contributed by atoms with Crippen molar-refractivity contribution in [2.24, 2.45) is 11.8 Å². The number of carboxylic acids is 1. The van der Waals surface area contributed by atoms with Crippen molar-refractivity contribution in [2.75, 3.05) is 44.7 Å². The average Bonchev–Trinajstić information content (AvgIpc) is 3.74. The molecule has 1 amide bonds. The molecular formula is C34H42F3N3O4. The highest BCUT2D eigenvalue weighted by Crippen LogP contribution is 2.56. The third-order valence-electron chi connectivity index (χ3n) is 10.6. The summed E-state index contributed by atoms with van der Waals surface area (Å²) in [6.07, 6.45) is 2.10.